The van der Waals surface area contributed by atoms with Gasteiger partial charge in [-0.1, -0.05) is 36.4 Å². The van der Waals surface area contributed by atoms with E-state index < -0.39 is 5.92 Å². The number of benzene rings is 1. The van der Waals surface area contributed by atoms with Crippen LogP contribution in [0.25, 0.3) is 0 Å². The van der Waals surface area contributed by atoms with Crippen molar-refractivity contribution in [2.24, 2.45) is 5.92 Å². The van der Waals surface area contributed by atoms with Crippen molar-refractivity contribution in [3.8, 4) is 0 Å². The van der Waals surface area contributed by atoms with Crippen LogP contribution in [0.1, 0.15) is 25.3 Å². The summed E-state index contributed by atoms with van der Waals surface area (Å²) < 4.78 is 0. The summed E-state index contributed by atoms with van der Waals surface area (Å²) >= 11 is 0. The van der Waals surface area contributed by atoms with Gasteiger partial charge >= 0.3 is 0 Å². The van der Waals surface area contributed by atoms with Gasteiger partial charge in [0, 0.05) is 5.92 Å². The minimum absolute atomic E-state index is 0.110. The van der Waals surface area contributed by atoms with Crippen LogP contribution in [-0.4, -0.2) is 11.6 Å². The molecule has 0 N–H and O–H groups in total. The van der Waals surface area contributed by atoms with Crippen LogP contribution >= 0.6 is 0 Å². The molecule has 0 aliphatic rings. The van der Waals surface area contributed by atoms with E-state index in [0.29, 0.717) is 0 Å². The van der Waals surface area contributed by atoms with Crippen LogP contribution in [0.4, 0.5) is 0 Å². The number of hydrogen-bond acceptors (Lipinski definition) is 2. The summed E-state index contributed by atoms with van der Waals surface area (Å²) in [6.07, 6.45) is 1.67. The molecule has 2 nitrogen and oxygen atoms in total. The van der Waals surface area contributed by atoms with Crippen LogP contribution in [0.5, 0.6) is 0 Å². The van der Waals surface area contributed by atoms with Gasteiger partial charge in [0.2, 0.25) is 0 Å². The summed E-state index contributed by atoms with van der Waals surface area (Å²) in [5.74, 6) is -1.06. The lowest BCUT2D eigenvalue weighted by molar-refractivity contribution is -0.130. The molecule has 0 saturated heterocycles. The largest absolute Gasteiger partial charge is 0.299 e. The molecule has 0 unspecified atom stereocenters. The van der Waals surface area contributed by atoms with Gasteiger partial charge in [0.25, 0.3) is 0 Å². The quantitative estimate of drug-likeness (QED) is 0.560. The summed E-state index contributed by atoms with van der Waals surface area (Å²) in [6.45, 7) is 6.62. The predicted octanol–water partition coefficient (Wildman–Crippen LogP) is 2.75. The molecule has 1 rings (SSSR count). The molecule has 16 heavy (non-hydrogen) atoms. The number of Topliss-reactive ketones (excluding diaryl/α,β-unsaturated/α-hetero) is 2. The Labute approximate surface area is 96.0 Å². The third-order valence-electron chi connectivity index (χ3n) is 2.67. The summed E-state index contributed by atoms with van der Waals surface area (Å²) in [7, 11) is 0. The normalized spacial score (nSPS) is 12.2. The van der Waals surface area contributed by atoms with Crippen molar-refractivity contribution in [3.63, 3.8) is 0 Å². The molecule has 0 aromatic heterocycles. The van der Waals surface area contributed by atoms with Crippen LogP contribution in [-0.2, 0) is 9.59 Å². The van der Waals surface area contributed by atoms with E-state index in [1.165, 1.54) is 13.8 Å². The monoisotopic (exact) mass is 216 g/mol. The first-order chi connectivity index (χ1) is 7.57. The molecule has 1 atom stereocenters. The van der Waals surface area contributed by atoms with Gasteiger partial charge in [0.1, 0.15) is 11.6 Å². The van der Waals surface area contributed by atoms with E-state index in [4.69, 9.17) is 0 Å². The highest BCUT2D eigenvalue weighted by Gasteiger charge is 2.28. The number of carbonyl (C=O) groups is 2. The first kappa shape index (κ1) is 12.4. The molecule has 0 radical (unpaired) electrons. The second kappa shape index (κ2) is 5.40. The third-order valence-corrected chi connectivity index (χ3v) is 2.67. The van der Waals surface area contributed by atoms with Crippen LogP contribution < -0.4 is 0 Å². The fourth-order valence-electron chi connectivity index (χ4n) is 1.93. The van der Waals surface area contributed by atoms with Crippen molar-refractivity contribution in [1.82, 2.24) is 0 Å². The Morgan fingerprint density at radius 2 is 1.62 bits per heavy atom. The van der Waals surface area contributed by atoms with Gasteiger partial charge in [-0.2, -0.15) is 0 Å². The number of ketones is 2. The van der Waals surface area contributed by atoms with E-state index >= 15 is 0 Å². The van der Waals surface area contributed by atoms with Crippen LogP contribution in [0.2, 0.25) is 0 Å². The van der Waals surface area contributed by atoms with Crippen LogP contribution in [0.15, 0.2) is 43.0 Å². The average molecular weight is 216 g/mol. The molecule has 0 aliphatic carbocycles. The molecule has 1 aromatic carbocycles. The molecular weight excluding hydrogens is 200 g/mol. The Morgan fingerprint density at radius 3 is 2.00 bits per heavy atom. The summed E-state index contributed by atoms with van der Waals surface area (Å²) in [5, 5.41) is 0. The van der Waals surface area contributed by atoms with Crippen molar-refractivity contribution in [3.05, 3.63) is 48.6 Å². The number of rotatable bonds is 5. The minimum Gasteiger partial charge on any atom is -0.299 e. The maximum absolute atomic E-state index is 11.5. The molecule has 84 valence electrons. The zero-order valence-corrected chi connectivity index (χ0v) is 9.64. The van der Waals surface area contributed by atoms with Crippen molar-refractivity contribution in [2.45, 2.75) is 19.8 Å². The van der Waals surface area contributed by atoms with E-state index in [-0.39, 0.29) is 17.5 Å². The fraction of sp³-hybridized carbons (Fsp3) is 0.286. The van der Waals surface area contributed by atoms with Gasteiger partial charge < -0.3 is 0 Å². The molecular formula is C14H16O2. The summed E-state index contributed by atoms with van der Waals surface area (Å²) in [4.78, 5) is 23.0. The first-order valence-corrected chi connectivity index (χ1v) is 5.26. The van der Waals surface area contributed by atoms with E-state index in [1.807, 2.05) is 30.3 Å². The zero-order chi connectivity index (χ0) is 12.1. The van der Waals surface area contributed by atoms with Gasteiger partial charge in [-0.05, 0) is 19.4 Å². The maximum Gasteiger partial charge on any atom is 0.141 e. The molecule has 0 aliphatic heterocycles. The number of allylic oxidation sites excluding steroid dienone is 1. The van der Waals surface area contributed by atoms with Gasteiger partial charge in [-0.3, -0.25) is 9.59 Å². The third kappa shape index (κ3) is 2.66. The van der Waals surface area contributed by atoms with E-state index in [0.717, 1.165) is 5.56 Å². The van der Waals surface area contributed by atoms with E-state index in [9.17, 15) is 9.59 Å². The Bertz CT molecular complexity index is 378. The van der Waals surface area contributed by atoms with Gasteiger partial charge in [-0.15, -0.1) is 6.58 Å². The second-order valence-electron chi connectivity index (χ2n) is 3.87. The summed E-state index contributed by atoms with van der Waals surface area (Å²) in [5.41, 5.74) is 0.952. The van der Waals surface area contributed by atoms with Crippen molar-refractivity contribution in [1.29, 1.82) is 0 Å². The van der Waals surface area contributed by atoms with Crippen LogP contribution in [0.3, 0.4) is 0 Å². The predicted molar refractivity (Wildman–Crippen MR) is 64.2 cm³/mol. The van der Waals surface area contributed by atoms with Gasteiger partial charge in [0.05, 0.1) is 5.92 Å². The fourth-order valence-corrected chi connectivity index (χ4v) is 1.93. The number of hydrogen-bond donors (Lipinski definition) is 0. The molecule has 2 heteroatoms. The highest BCUT2D eigenvalue weighted by Crippen LogP contribution is 2.27. The number of carbonyl (C=O) groups excluding carboxylic acids is 2. The molecule has 0 spiro atoms. The topological polar surface area (TPSA) is 34.1 Å². The van der Waals surface area contributed by atoms with Crippen molar-refractivity contribution in [2.75, 3.05) is 0 Å². The van der Waals surface area contributed by atoms with Gasteiger partial charge in [0.15, 0.2) is 0 Å². The molecule has 1 aromatic rings. The van der Waals surface area contributed by atoms with Crippen molar-refractivity contribution < 1.29 is 9.59 Å². The molecule has 0 bridgehead atoms. The zero-order valence-electron chi connectivity index (χ0n) is 9.64. The Morgan fingerprint density at radius 1 is 1.12 bits per heavy atom. The Balaban J connectivity index is 3.10. The lowest BCUT2D eigenvalue weighted by Gasteiger charge is -2.20. The smallest absolute Gasteiger partial charge is 0.141 e. The van der Waals surface area contributed by atoms with Crippen molar-refractivity contribution >= 4 is 11.6 Å². The highest BCUT2D eigenvalue weighted by molar-refractivity contribution is 6.01. The molecule has 0 fully saturated rings. The lowest BCUT2D eigenvalue weighted by Crippen LogP contribution is -2.25. The average Bonchev–Trinajstić information content (AvgIpc) is 2.25. The lowest BCUT2D eigenvalue weighted by atomic mass is 9.81. The van der Waals surface area contributed by atoms with E-state index in [2.05, 4.69) is 6.58 Å². The van der Waals surface area contributed by atoms with Gasteiger partial charge in [-0.25, -0.2) is 0 Å². The second-order valence-corrected chi connectivity index (χ2v) is 3.87. The highest BCUT2D eigenvalue weighted by atomic mass is 16.1. The minimum atomic E-state index is -0.611. The van der Waals surface area contributed by atoms with E-state index in [1.54, 1.807) is 6.08 Å². The Kier molecular flexibility index (Phi) is 4.18. The standard InChI is InChI=1S/C14H16O2/c1-4-13(12-8-6-5-7-9-12)14(10(2)15)11(3)16/h4-9,13-14H,1H2,2-3H3/t13-/m1/s1. The van der Waals surface area contributed by atoms with Crippen LogP contribution in [0, 0.1) is 5.92 Å². The summed E-state index contributed by atoms with van der Waals surface area (Å²) in [6, 6.07) is 9.50. The molecule has 0 saturated carbocycles. The molecule has 0 heterocycles. The first-order valence-electron chi connectivity index (χ1n) is 5.26. The molecule has 0 amide bonds. The Hall–Kier alpha value is -1.70. The maximum atomic E-state index is 11.5. The SMILES string of the molecule is C=C[C@H](c1ccccc1)C(C(C)=O)C(C)=O.